The van der Waals surface area contributed by atoms with Gasteiger partial charge in [0, 0.05) is 18.8 Å². The monoisotopic (exact) mass is 326 g/mol. The van der Waals surface area contributed by atoms with Gasteiger partial charge in [-0.1, -0.05) is 11.6 Å². The number of nitrogens with zero attached hydrogens (tertiary/aromatic N) is 1. The van der Waals surface area contributed by atoms with Gasteiger partial charge >= 0.3 is 0 Å². The lowest BCUT2D eigenvalue weighted by Gasteiger charge is -2.16. The van der Waals surface area contributed by atoms with Crippen molar-refractivity contribution in [1.82, 2.24) is 9.71 Å². The molecule has 0 radical (unpaired) electrons. The fourth-order valence-corrected chi connectivity index (χ4v) is 3.39. The Morgan fingerprint density at radius 3 is 2.68 bits per heavy atom. The van der Waals surface area contributed by atoms with Gasteiger partial charge in [-0.2, -0.15) is 0 Å². The lowest BCUT2D eigenvalue weighted by molar-refractivity contribution is 0.519. The molecule has 1 aromatic heterocycles. The van der Waals surface area contributed by atoms with Gasteiger partial charge in [0.15, 0.2) is 0 Å². The molecule has 19 heavy (non-hydrogen) atoms. The van der Waals surface area contributed by atoms with Gasteiger partial charge in [-0.15, -0.1) is 12.4 Å². The number of anilines is 1. The Bertz CT molecular complexity index is 548. The number of hydrogen-bond acceptors (Lipinski definition) is 5. The number of nitrogens with two attached hydrogens (primary N) is 2. The quantitative estimate of drug-likeness (QED) is 0.739. The van der Waals surface area contributed by atoms with E-state index < -0.39 is 10.0 Å². The number of sulfonamides is 1. The van der Waals surface area contributed by atoms with Crippen molar-refractivity contribution in [3.05, 3.63) is 17.3 Å². The fraction of sp³-hybridized carbons (Fsp3) is 0.500. The molecular formula is C10H16Cl2N4O2S. The Kier molecular flexibility index (Phi) is 5.40. The maximum absolute atomic E-state index is 12.2. The first-order valence-corrected chi connectivity index (χ1v) is 7.43. The minimum Gasteiger partial charge on any atom is -0.383 e. The van der Waals surface area contributed by atoms with E-state index in [1.54, 1.807) is 0 Å². The highest BCUT2D eigenvalue weighted by Gasteiger charge is 2.34. The van der Waals surface area contributed by atoms with E-state index in [9.17, 15) is 8.42 Å². The van der Waals surface area contributed by atoms with Crippen molar-refractivity contribution in [3.8, 4) is 0 Å². The maximum Gasteiger partial charge on any atom is 0.244 e. The Hall–Kier alpha value is -0.600. The van der Waals surface area contributed by atoms with E-state index in [-0.39, 0.29) is 40.7 Å². The second-order valence-corrected chi connectivity index (χ2v) is 6.46. The summed E-state index contributed by atoms with van der Waals surface area (Å²) >= 11 is 5.73. The van der Waals surface area contributed by atoms with E-state index in [0.717, 1.165) is 12.8 Å². The van der Waals surface area contributed by atoms with E-state index in [1.165, 1.54) is 12.3 Å². The van der Waals surface area contributed by atoms with Crippen molar-refractivity contribution in [3.63, 3.8) is 0 Å². The molecule has 1 unspecified atom stereocenters. The van der Waals surface area contributed by atoms with Gasteiger partial charge < -0.3 is 11.5 Å². The topological polar surface area (TPSA) is 111 Å². The normalized spacial score (nSPS) is 16.7. The van der Waals surface area contributed by atoms with Crippen molar-refractivity contribution >= 4 is 39.8 Å². The minimum atomic E-state index is -3.73. The summed E-state index contributed by atoms with van der Waals surface area (Å²) in [5.41, 5.74) is 11.1. The Morgan fingerprint density at radius 1 is 1.53 bits per heavy atom. The van der Waals surface area contributed by atoms with E-state index >= 15 is 0 Å². The molecule has 9 heteroatoms. The molecule has 0 amide bonds. The summed E-state index contributed by atoms with van der Waals surface area (Å²) in [4.78, 5) is 3.63. The van der Waals surface area contributed by atoms with E-state index in [4.69, 9.17) is 23.1 Å². The van der Waals surface area contributed by atoms with Crippen molar-refractivity contribution in [2.75, 3.05) is 12.3 Å². The molecule has 0 spiro atoms. The minimum absolute atomic E-state index is 0. The molecule has 1 aliphatic rings. The zero-order chi connectivity index (χ0) is 13.3. The third-order valence-corrected chi connectivity index (χ3v) is 4.62. The average molecular weight is 327 g/mol. The summed E-state index contributed by atoms with van der Waals surface area (Å²) in [5, 5.41) is 0.222. The van der Waals surface area contributed by atoms with Crippen LogP contribution in [0.5, 0.6) is 0 Å². The molecule has 108 valence electrons. The van der Waals surface area contributed by atoms with Crippen LogP contribution in [0.4, 0.5) is 5.82 Å². The number of hydrogen-bond donors (Lipinski definition) is 3. The van der Waals surface area contributed by atoms with Gasteiger partial charge in [0.2, 0.25) is 10.0 Å². The predicted octanol–water partition coefficient (Wildman–Crippen LogP) is 0.755. The molecule has 0 aromatic carbocycles. The molecule has 0 bridgehead atoms. The number of nitrogen functional groups attached to an aromatic ring is 1. The van der Waals surface area contributed by atoms with Gasteiger partial charge in [-0.25, -0.2) is 18.1 Å². The maximum atomic E-state index is 12.2. The first-order valence-electron chi connectivity index (χ1n) is 5.57. The highest BCUT2D eigenvalue weighted by atomic mass is 35.5. The highest BCUT2D eigenvalue weighted by molar-refractivity contribution is 7.89. The zero-order valence-corrected chi connectivity index (χ0v) is 12.4. The van der Waals surface area contributed by atoms with Crippen LogP contribution in [0, 0.1) is 5.92 Å². The molecule has 5 N–H and O–H groups in total. The smallest absolute Gasteiger partial charge is 0.244 e. The summed E-state index contributed by atoms with van der Waals surface area (Å²) < 4.78 is 26.9. The molecule has 0 saturated heterocycles. The number of nitrogens with one attached hydrogen (secondary N) is 1. The van der Waals surface area contributed by atoms with Crippen LogP contribution in [-0.2, 0) is 10.0 Å². The predicted molar refractivity (Wildman–Crippen MR) is 76.8 cm³/mol. The van der Waals surface area contributed by atoms with Gasteiger partial charge in [-0.3, -0.25) is 0 Å². The summed E-state index contributed by atoms with van der Waals surface area (Å²) in [6.45, 7) is 0.262. The van der Waals surface area contributed by atoms with Crippen LogP contribution in [0.1, 0.15) is 12.8 Å². The van der Waals surface area contributed by atoms with Crippen molar-refractivity contribution in [2.45, 2.75) is 23.8 Å². The second-order valence-electron chi connectivity index (χ2n) is 4.34. The van der Waals surface area contributed by atoms with Crippen LogP contribution in [0.2, 0.25) is 5.02 Å². The molecule has 1 heterocycles. The molecule has 1 fully saturated rings. The van der Waals surface area contributed by atoms with Crippen LogP contribution in [0.15, 0.2) is 17.2 Å². The zero-order valence-electron chi connectivity index (χ0n) is 10.0. The Labute approximate surface area is 123 Å². The number of aromatic nitrogens is 1. The van der Waals surface area contributed by atoms with Crippen LogP contribution in [0.25, 0.3) is 0 Å². The van der Waals surface area contributed by atoms with Gasteiger partial charge in [0.05, 0.1) is 5.02 Å². The second kappa shape index (κ2) is 6.23. The van der Waals surface area contributed by atoms with Crippen molar-refractivity contribution in [2.24, 2.45) is 11.7 Å². The molecule has 2 rings (SSSR count). The fourth-order valence-electron chi connectivity index (χ4n) is 1.74. The SMILES string of the molecule is Cl.NCC(NS(=O)(=O)c1cc(Cl)cnc1N)C1CC1. The third kappa shape index (κ3) is 3.93. The van der Waals surface area contributed by atoms with E-state index in [0.29, 0.717) is 5.92 Å². The number of rotatable bonds is 5. The molecule has 0 aliphatic heterocycles. The molecule has 1 aromatic rings. The molecular weight excluding hydrogens is 311 g/mol. The summed E-state index contributed by atoms with van der Waals surface area (Å²) in [5.74, 6) is 0.247. The van der Waals surface area contributed by atoms with Crippen molar-refractivity contribution in [1.29, 1.82) is 0 Å². The number of pyridine rings is 1. The van der Waals surface area contributed by atoms with Crippen LogP contribution in [-0.4, -0.2) is 26.0 Å². The Balaban J connectivity index is 0.00000180. The van der Waals surface area contributed by atoms with Crippen LogP contribution >= 0.6 is 24.0 Å². The largest absolute Gasteiger partial charge is 0.383 e. The van der Waals surface area contributed by atoms with E-state index in [2.05, 4.69) is 9.71 Å². The lowest BCUT2D eigenvalue weighted by atomic mass is 10.2. The van der Waals surface area contributed by atoms with E-state index in [1.807, 2.05) is 0 Å². The van der Waals surface area contributed by atoms with Gasteiger partial charge in [0.1, 0.15) is 10.7 Å². The first kappa shape index (κ1) is 16.5. The molecule has 1 atom stereocenters. The van der Waals surface area contributed by atoms with Gasteiger partial charge in [-0.05, 0) is 24.8 Å². The first-order chi connectivity index (χ1) is 8.44. The highest BCUT2D eigenvalue weighted by Crippen LogP contribution is 2.33. The molecule has 6 nitrogen and oxygen atoms in total. The average Bonchev–Trinajstić information content (AvgIpc) is 3.13. The van der Waals surface area contributed by atoms with Crippen LogP contribution in [0.3, 0.4) is 0 Å². The summed E-state index contributed by atoms with van der Waals surface area (Å²) in [6.07, 6.45) is 3.29. The summed E-state index contributed by atoms with van der Waals surface area (Å²) in [6, 6.07) is 1.03. The standard InChI is InChI=1S/C10H15ClN4O2S.ClH/c11-7-3-9(10(13)14-5-7)18(16,17)15-8(4-12)6-1-2-6;/h3,5-6,8,15H,1-2,4,12H2,(H2,13,14);1H. The third-order valence-electron chi connectivity index (χ3n) is 2.89. The summed E-state index contributed by atoms with van der Waals surface area (Å²) in [7, 11) is -3.73. The number of halogens is 2. The molecule has 1 aliphatic carbocycles. The Morgan fingerprint density at radius 2 is 2.16 bits per heavy atom. The van der Waals surface area contributed by atoms with Crippen LogP contribution < -0.4 is 16.2 Å². The van der Waals surface area contributed by atoms with Crippen molar-refractivity contribution < 1.29 is 8.42 Å². The lowest BCUT2D eigenvalue weighted by Crippen LogP contribution is -2.41. The molecule has 1 saturated carbocycles. The van der Waals surface area contributed by atoms with Gasteiger partial charge in [0.25, 0.3) is 0 Å².